The molecule has 1 aromatic carbocycles. The molecule has 2 aliphatic rings. The number of amides is 2. The van der Waals surface area contributed by atoms with Gasteiger partial charge in [-0.3, -0.25) is 19.6 Å². The van der Waals surface area contributed by atoms with Crippen LogP contribution in [0.5, 0.6) is 0 Å². The zero-order valence-corrected chi connectivity index (χ0v) is 14.2. The summed E-state index contributed by atoms with van der Waals surface area (Å²) in [6, 6.07) is 6.17. The Kier molecular flexibility index (Phi) is 3.95. The first kappa shape index (κ1) is 16.1. The molecule has 7 heteroatoms. The molecule has 4 rings (SSSR count). The number of carbonyl (C=O) groups excluding carboxylic acids is 2. The molecule has 1 unspecified atom stereocenters. The molecule has 1 aromatic heterocycles. The van der Waals surface area contributed by atoms with Crippen LogP contribution < -0.4 is 10.2 Å². The number of aromatic nitrogens is 2. The Balaban J connectivity index is 1.67. The number of nitrogens with zero attached hydrogens (tertiary/aromatic N) is 3. The van der Waals surface area contributed by atoms with Crippen LogP contribution in [0.1, 0.15) is 30.9 Å². The third-order valence-electron chi connectivity index (χ3n) is 5.34. The fourth-order valence-electron chi connectivity index (χ4n) is 3.90. The number of hydrogen-bond donors (Lipinski definition) is 2. The molecule has 2 saturated heterocycles. The van der Waals surface area contributed by atoms with E-state index in [1.54, 1.807) is 4.68 Å². The van der Waals surface area contributed by atoms with Crippen molar-refractivity contribution in [3.05, 3.63) is 23.9 Å². The van der Waals surface area contributed by atoms with Crippen LogP contribution in [0.3, 0.4) is 0 Å². The van der Waals surface area contributed by atoms with Crippen LogP contribution in [-0.2, 0) is 16.6 Å². The minimum atomic E-state index is -0.377. The second-order valence-corrected chi connectivity index (χ2v) is 7.00. The largest absolute Gasteiger partial charge is 0.396 e. The van der Waals surface area contributed by atoms with Crippen LogP contribution in [0.15, 0.2) is 18.2 Å². The Morgan fingerprint density at radius 2 is 2.16 bits per heavy atom. The van der Waals surface area contributed by atoms with Crippen molar-refractivity contribution in [1.29, 1.82) is 0 Å². The Hall–Kier alpha value is -2.41. The van der Waals surface area contributed by atoms with Crippen LogP contribution in [-0.4, -0.2) is 46.4 Å². The summed E-state index contributed by atoms with van der Waals surface area (Å²) in [7, 11) is 1.88. The Morgan fingerprint density at radius 3 is 2.88 bits per heavy atom. The van der Waals surface area contributed by atoms with E-state index in [0.29, 0.717) is 18.8 Å². The standard InChI is InChI=1S/C18H22N4O3/c1-21-15-8-12(22-7-6-11(9-22)10-23)2-3-13(15)17(20-21)14-4-5-16(24)19-18(14)25/h2-3,8,11,14,23H,4-7,9-10H2,1H3,(H,19,24,25)/t11-,14?/m1/s1. The number of carbonyl (C=O) groups is 2. The predicted molar refractivity (Wildman–Crippen MR) is 93.2 cm³/mol. The van der Waals surface area contributed by atoms with Crippen molar-refractivity contribution in [2.24, 2.45) is 13.0 Å². The average molecular weight is 342 g/mol. The molecular formula is C18H22N4O3. The predicted octanol–water partition coefficient (Wildman–Crippen LogP) is 0.912. The molecule has 2 aromatic rings. The van der Waals surface area contributed by atoms with Crippen molar-refractivity contribution in [1.82, 2.24) is 15.1 Å². The molecule has 0 aliphatic carbocycles. The Morgan fingerprint density at radius 1 is 1.32 bits per heavy atom. The summed E-state index contributed by atoms with van der Waals surface area (Å²) in [5.41, 5.74) is 2.83. The second kappa shape index (κ2) is 6.15. The third kappa shape index (κ3) is 2.78. The number of aliphatic hydroxyl groups is 1. The molecule has 2 amide bonds. The average Bonchev–Trinajstić information content (AvgIpc) is 3.20. The van der Waals surface area contributed by atoms with Gasteiger partial charge in [0.1, 0.15) is 0 Å². The van der Waals surface area contributed by atoms with Crippen LogP contribution >= 0.6 is 0 Å². The lowest BCUT2D eigenvalue weighted by Crippen LogP contribution is -2.39. The van der Waals surface area contributed by atoms with Crippen LogP contribution in [0.4, 0.5) is 5.69 Å². The van der Waals surface area contributed by atoms with Gasteiger partial charge in [0.15, 0.2) is 0 Å². The lowest BCUT2D eigenvalue weighted by molar-refractivity contribution is -0.134. The summed E-state index contributed by atoms with van der Waals surface area (Å²) in [6.45, 7) is 2.03. The first-order chi connectivity index (χ1) is 12.1. The van der Waals surface area contributed by atoms with Crippen molar-refractivity contribution in [2.75, 3.05) is 24.6 Å². The molecule has 3 heterocycles. The molecule has 25 heavy (non-hydrogen) atoms. The maximum absolute atomic E-state index is 12.2. The molecule has 2 N–H and O–H groups in total. The maximum atomic E-state index is 12.2. The summed E-state index contributed by atoms with van der Waals surface area (Å²) in [5.74, 6) is -0.513. The molecule has 132 valence electrons. The lowest BCUT2D eigenvalue weighted by atomic mass is 9.93. The topological polar surface area (TPSA) is 87.5 Å². The number of fused-ring (bicyclic) bond motifs is 1. The number of imide groups is 1. The van der Waals surface area contributed by atoms with Crippen molar-refractivity contribution >= 4 is 28.4 Å². The van der Waals surface area contributed by atoms with Gasteiger partial charge in [0, 0.05) is 50.2 Å². The molecule has 0 saturated carbocycles. The van der Waals surface area contributed by atoms with E-state index in [1.165, 1.54) is 0 Å². The van der Waals surface area contributed by atoms with Gasteiger partial charge in [-0.05, 0) is 31.0 Å². The number of anilines is 1. The number of piperidine rings is 1. The summed E-state index contributed by atoms with van der Waals surface area (Å²) in [6.07, 6.45) is 1.85. The van der Waals surface area contributed by atoms with Gasteiger partial charge in [0.25, 0.3) is 0 Å². The molecule has 0 spiro atoms. The Labute approximate surface area is 145 Å². The lowest BCUT2D eigenvalue weighted by Gasteiger charge is -2.20. The maximum Gasteiger partial charge on any atom is 0.235 e. The fourth-order valence-corrected chi connectivity index (χ4v) is 3.90. The monoisotopic (exact) mass is 342 g/mol. The number of hydrogen-bond acceptors (Lipinski definition) is 5. The first-order valence-corrected chi connectivity index (χ1v) is 8.73. The molecule has 7 nitrogen and oxygen atoms in total. The van der Waals surface area contributed by atoms with Crippen molar-refractivity contribution in [3.63, 3.8) is 0 Å². The molecule has 2 aliphatic heterocycles. The highest BCUT2D eigenvalue weighted by molar-refractivity contribution is 6.02. The third-order valence-corrected chi connectivity index (χ3v) is 5.34. The van der Waals surface area contributed by atoms with Crippen molar-refractivity contribution in [2.45, 2.75) is 25.2 Å². The number of aryl methyl sites for hydroxylation is 1. The summed E-state index contributed by atoms with van der Waals surface area (Å²) in [4.78, 5) is 25.8. The quantitative estimate of drug-likeness (QED) is 0.810. The number of benzene rings is 1. The van der Waals surface area contributed by atoms with Gasteiger partial charge >= 0.3 is 0 Å². The van der Waals surface area contributed by atoms with E-state index in [0.717, 1.165) is 41.8 Å². The van der Waals surface area contributed by atoms with Crippen LogP contribution in [0.25, 0.3) is 10.9 Å². The highest BCUT2D eigenvalue weighted by Gasteiger charge is 2.32. The van der Waals surface area contributed by atoms with E-state index in [4.69, 9.17) is 0 Å². The first-order valence-electron chi connectivity index (χ1n) is 8.73. The van der Waals surface area contributed by atoms with E-state index >= 15 is 0 Å². The molecule has 0 bridgehead atoms. The van der Waals surface area contributed by atoms with Crippen molar-refractivity contribution < 1.29 is 14.7 Å². The summed E-state index contributed by atoms with van der Waals surface area (Å²) >= 11 is 0. The minimum Gasteiger partial charge on any atom is -0.396 e. The van der Waals surface area contributed by atoms with E-state index in [9.17, 15) is 14.7 Å². The highest BCUT2D eigenvalue weighted by Crippen LogP contribution is 2.33. The van der Waals surface area contributed by atoms with E-state index in [1.807, 2.05) is 13.1 Å². The molecule has 2 fully saturated rings. The minimum absolute atomic E-state index is 0.212. The second-order valence-electron chi connectivity index (χ2n) is 7.00. The normalized spacial score (nSPS) is 24.2. The van der Waals surface area contributed by atoms with E-state index < -0.39 is 0 Å². The smallest absolute Gasteiger partial charge is 0.235 e. The number of aliphatic hydroxyl groups excluding tert-OH is 1. The number of nitrogens with one attached hydrogen (secondary N) is 1. The van der Waals surface area contributed by atoms with Gasteiger partial charge in [-0.15, -0.1) is 0 Å². The van der Waals surface area contributed by atoms with Crippen LogP contribution in [0.2, 0.25) is 0 Å². The van der Waals surface area contributed by atoms with E-state index in [-0.39, 0.29) is 24.3 Å². The number of rotatable bonds is 3. The SMILES string of the molecule is Cn1nc(C2CCC(=O)NC2=O)c2ccc(N3CC[C@@H](CO)C3)cc21. The molecule has 0 radical (unpaired) electrons. The zero-order chi connectivity index (χ0) is 17.6. The van der Waals surface area contributed by atoms with E-state index in [2.05, 4.69) is 27.4 Å². The Bertz CT molecular complexity index is 844. The summed E-state index contributed by atoms with van der Waals surface area (Å²) in [5, 5.41) is 17.3. The molecular weight excluding hydrogens is 320 g/mol. The van der Waals surface area contributed by atoms with Crippen molar-refractivity contribution in [3.8, 4) is 0 Å². The van der Waals surface area contributed by atoms with Crippen LogP contribution in [0, 0.1) is 5.92 Å². The van der Waals surface area contributed by atoms with Gasteiger partial charge in [0.05, 0.1) is 17.1 Å². The highest BCUT2D eigenvalue weighted by atomic mass is 16.3. The van der Waals surface area contributed by atoms with Gasteiger partial charge in [-0.2, -0.15) is 5.10 Å². The van der Waals surface area contributed by atoms with Gasteiger partial charge in [0.2, 0.25) is 11.8 Å². The van der Waals surface area contributed by atoms with Gasteiger partial charge in [-0.1, -0.05) is 0 Å². The van der Waals surface area contributed by atoms with Gasteiger partial charge in [-0.25, -0.2) is 0 Å². The van der Waals surface area contributed by atoms with Gasteiger partial charge < -0.3 is 10.0 Å². The fraction of sp³-hybridized carbons (Fsp3) is 0.500. The summed E-state index contributed by atoms with van der Waals surface area (Å²) < 4.78 is 1.80. The molecule has 2 atom stereocenters. The zero-order valence-electron chi connectivity index (χ0n) is 14.2.